The SMILES string of the molecule is C(=C\c1ccc(-c2ccccc2)cc1)/C1=NN(c2ccccc2)C(c2ccc(-c3ccccc3)cc2)C1. The van der Waals surface area contributed by atoms with E-state index in [-0.39, 0.29) is 6.04 Å². The Labute approximate surface area is 218 Å². The first kappa shape index (κ1) is 22.8. The van der Waals surface area contributed by atoms with Gasteiger partial charge in [-0.3, -0.25) is 5.01 Å². The molecule has 1 heterocycles. The van der Waals surface area contributed by atoms with Crippen LogP contribution in [0.15, 0.2) is 151 Å². The third kappa shape index (κ3) is 5.14. The summed E-state index contributed by atoms with van der Waals surface area (Å²) in [5, 5.41) is 7.20. The molecule has 2 heteroatoms. The average Bonchev–Trinajstić information content (AvgIpc) is 3.42. The maximum absolute atomic E-state index is 5.04. The molecule has 6 rings (SSSR count). The smallest absolute Gasteiger partial charge is 0.0831 e. The first-order valence-corrected chi connectivity index (χ1v) is 12.7. The second-order valence-corrected chi connectivity index (χ2v) is 9.30. The molecule has 5 aromatic rings. The van der Waals surface area contributed by atoms with Crippen molar-refractivity contribution in [3.63, 3.8) is 0 Å². The number of hydrazone groups is 1. The van der Waals surface area contributed by atoms with Crippen molar-refractivity contribution in [2.45, 2.75) is 12.5 Å². The van der Waals surface area contributed by atoms with E-state index in [0.29, 0.717) is 0 Å². The van der Waals surface area contributed by atoms with Gasteiger partial charge < -0.3 is 0 Å². The Bertz CT molecular complexity index is 1500. The van der Waals surface area contributed by atoms with Crippen molar-refractivity contribution in [1.29, 1.82) is 0 Å². The quantitative estimate of drug-likeness (QED) is 0.239. The minimum atomic E-state index is 0.160. The van der Waals surface area contributed by atoms with Gasteiger partial charge in [0.05, 0.1) is 17.4 Å². The predicted octanol–water partition coefficient (Wildman–Crippen LogP) is 9.04. The number of para-hydroxylation sites is 1. The Morgan fingerprint density at radius 3 is 1.57 bits per heavy atom. The average molecular weight is 477 g/mol. The molecule has 0 amide bonds. The van der Waals surface area contributed by atoms with E-state index in [2.05, 4.69) is 145 Å². The van der Waals surface area contributed by atoms with Gasteiger partial charge in [0.1, 0.15) is 0 Å². The highest BCUT2D eigenvalue weighted by atomic mass is 15.5. The second-order valence-electron chi connectivity index (χ2n) is 9.30. The van der Waals surface area contributed by atoms with Gasteiger partial charge >= 0.3 is 0 Å². The van der Waals surface area contributed by atoms with Crippen molar-refractivity contribution < 1.29 is 0 Å². The van der Waals surface area contributed by atoms with Gasteiger partial charge in [-0.2, -0.15) is 5.10 Å². The van der Waals surface area contributed by atoms with Gasteiger partial charge in [-0.25, -0.2) is 0 Å². The van der Waals surface area contributed by atoms with Gasteiger partial charge in [0.2, 0.25) is 0 Å². The summed E-state index contributed by atoms with van der Waals surface area (Å²) in [6.07, 6.45) is 5.18. The molecule has 5 aromatic carbocycles. The normalized spacial score (nSPS) is 15.2. The van der Waals surface area contributed by atoms with E-state index in [0.717, 1.165) is 17.8 Å². The molecule has 0 spiro atoms. The van der Waals surface area contributed by atoms with Gasteiger partial charge in [0.25, 0.3) is 0 Å². The van der Waals surface area contributed by atoms with E-state index in [4.69, 9.17) is 5.10 Å². The minimum absolute atomic E-state index is 0.160. The van der Waals surface area contributed by atoms with Crippen LogP contribution in [0.4, 0.5) is 5.69 Å². The zero-order chi connectivity index (χ0) is 24.9. The molecule has 0 bridgehead atoms. The zero-order valence-corrected chi connectivity index (χ0v) is 20.6. The van der Waals surface area contributed by atoms with Crippen LogP contribution in [-0.4, -0.2) is 5.71 Å². The zero-order valence-electron chi connectivity index (χ0n) is 20.6. The summed E-state index contributed by atoms with van der Waals surface area (Å²) in [5.41, 5.74) is 9.55. The van der Waals surface area contributed by atoms with Gasteiger partial charge in [-0.15, -0.1) is 0 Å². The number of anilines is 1. The fourth-order valence-electron chi connectivity index (χ4n) is 4.85. The molecule has 2 nitrogen and oxygen atoms in total. The lowest BCUT2D eigenvalue weighted by molar-refractivity contribution is 0.709. The fraction of sp³-hybridized carbons (Fsp3) is 0.0571. The largest absolute Gasteiger partial charge is 0.257 e. The first-order chi connectivity index (χ1) is 18.3. The van der Waals surface area contributed by atoms with Gasteiger partial charge in [-0.1, -0.05) is 133 Å². The van der Waals surface area contributed by atoms with Gasteiger partial charge in [0.15, 0.2) is 0 Å². The van der Waals surface area contributed by atoms with Crippen LogP contribution in [-0.2, 0) is 0 Å². The van der Waals surface area contributed by atoms with E-state index in [1.165, 1.54) is 33.4 Å². The first-order valence-electron chi connectivity index (χ1n) is 12.7. The van der Waals surface area contributed by atoms with Crippen molar-refractivity contribution in [3.05, 3.63) is 157 Å². The molecule has 0 aliphatic carbocycles. The predicted molar refractivity (Wildman–Crippen MR) is 157 cm³/mol. The topological polar surface area (TPSA) is 15.6 Å². The van der Waals surface area contributed by atoms with Crippen molar-refractivity contribution in [3.8, 4) is 22.3 Å². The lowest BCUT2D eigenvalue weighted by Crippen LogP contribution is -2.18. The molecule has 0 radical (unpaired) electrons. The van der Waals surface area contributed by atoms with Crippen LogP contribution in [0.2, 0.25) is 0 Å². The van der Waals surface area contributed by atoms with Crippen molar-refractivity contribution in [2.24, 2.45) is 5.10 Å². The van der Waals surface area contributed by atoms with Crippen molar-refractivity contribution >= 4 is 17.5 Å². The second kappa shape index (κ2) is 10.5. The molecule has 1 unspecified atom stereocenters. The van der Waals surface area contributed by atoms with E-state index < -0.39 is 0 Å². The summed E-state index contributed by atoms with van der Waals surface area (Å²) in [7, 11) is 0. The Morgan fingerprint density at radius 2 is 1.00 bits per heavy atom. The van der Waals surface area contributed by atoms with Gasteiger partial charge in [0, 0.05) is 6.42 Å². The monoisotopic (exact) mass is 476 g/mol. The number of rotatable bonds is 6. The Morgan fingerprint density at radius 1 is 0.514 bits per heavy atom. The number of hydrogen-bond donors (Lipinski definition) is 0. The molecule has 1 atom stereocenters. The molecule has 1 aliphatic rings. The molecular formula is C35H28N2. The van der Waals surface area contributed by atoms with Crippen molar-refractivity contribution in [2.75, 3.05) is 5.01 Å². The summed E-state index contributed by atoms with van der Waals surface area (Å²) in [5.74, 6) is 0. The van der Waals surface area contributed by atoms with Crippen LogP contribution in [0, 0.1) is 0 Å². The molecule has 0 aromatic heterocycles. The third-order valence-electron chi connectivity index (χ3n) is 6.84. The van der Waals surface area contributed by atoms with E-state index in [1.807, 2.05) is 12.1 Å². The fourth-order valence-corrected chi connectivity index (χ4v) is 4.85. The van der Waals surface area contributed by atoms with Crippen LogP contribution in [0.25, 0.3) is 28.3 Å². The summed E-state index contributed by atoms with van der Waals surface area (Å²) >= 11 is 0. The summed E-state index contributed by atoms with van der Waals surface area (Å²) in [4.78, 5) is 0. The molecule has 0 saturated carbocycles. The number of hydrogen-bond acceptors (Lipinski definition) is 2. The highest BCUT2D eigenvalue weighted by Gasteiger charge is 2.28. The van der Waals surface area contributed by atoms with Gasteiger partial charge in [-0.05, 0) is 51.6 Å². The summed E-state index contributed by atoms with van der Waals surface area (Å²) in [6, 6.07) is 49.2. The summed E-state index contributed by atoms with van der Waals surface area (Å²) in [6.45, 7) is 0. The molecule has 37 heavy (non-hydrogen) atoms. The van der Waals surface area contributed by atoms with Crippen molar-refractivity contribution in [1.82, 2.24) is 0 Å². The minimum Gasteiger partial charge on any atom is -0.257 e. The summed E-state index contributed by atoms with van der Waals surface area (Å²) < 4.78 is 0. The molecule has 0 fully saturated rings. The number of allylic oxidation sites excluding steroid dienone is 1. The standard InChI is InChI=1S/C35H28N2/c1-4-10-28(11-5-1)30-19-16-27(17-20-30)18-25-33-26-35(37(36-33)34-14-8-3-9-15-34)32-23-21-31(22-24-32)29-12-6-2-7-13-29/h1-25,35H,26H2/b25-18+. The van der Waals surface area contributed by atoms with Crippen LogP contribution in [0.5, 0.6) is 0 Å². The van der Waals surface area contributed by atoms with Crippen LogP contribution in [0.1, 0.15) is 23.6 Å². The van der Waals surface area contributed by atoms with Crippen LogP contribution in [0.3, 0.4) is 0 Å². The van der Waals surface area contributed by atoms with E-state index in [9.17, 15) is 0 Å². The third-order valence-corrected chi connectivity index (χ3v) is 6.84. The lowest BCUT2D eigenvalue weighted by Gasteiger charge is -2.24. The Hall–Kier alpha value is -4.69. The number of nitrogens with zero attached hydrogens (tertiary/aromatic N) is 2. The molecule has 0 N–H and O–H groups in total. The molecule has 0 saturated heterocycles. The van der Waals surface area contributed by atoms with E-state index in [1.54, 1.807) is 0 Å². The molecular weight excluding hydrogens is 448 g/mol. The van der Waals surface area contributed by atoms with Crippen LogP contribution >= 0.6 is 0 Å². The highest BCUT2D eigenvalue weighted by Crippen LogP contribution is 2.36. The maximum Gasteiger partial charge on any atom is 0.0831 e. The van der Waals surface area contributed by atoms with Crippen LogP contribution < -0.4 is 5.01 Å². The van der Waals surface area contributed by atoms with E-state index >= 15 is 0 Å². The molecule has 1 aliphatic heterocycles. The Kier molecular flexibility index (Phi) is 6.46. The molecule has 178 valence electrons. The maximum atomic E-state index is 5.04. The Balaban J connectivity index is 1.24. The number of benzene rings is 5. The lowest BCUT2D eigenvalue weighted by atomic mass is 9.97. The highest BCUT2D eigenvalue weighted by molar-refractivity contribution is 6.01.